The first kappa shape index (κ1) is 18.9. The number of nitrogens with zero attached hydrogens (tertiary/aromatic N) is 1. The molecule has 1 aliphatic heterocycles. The molecule has 2 N–H and O–H groups in total. The van der Waals surface area contributed by atoms with Crippen LogP contribution in [-0.2, 0) is 9.59 Å². The molecule has 0 saturated carbocycles. The van der Waals surface area contributed by atoms with Gasteiger partial charge in [0.05, 0.1) is 17.2 Å². The number of carbonyl (C=O) groups excluding carboxylic acids is 3. The van der Waals surface area contributed by atoms with E-state index in [1.54, 1.807) is 53.4 Å². The van der Waals surface area contributed by atoms with Crippen molar-refractivity contribution in [2.75, 3.05) is 23.3 Å². The molecule has 0 aromatic heterocycles. The molecule has 1 saturated heterocycles. The Morgan fingerprint density at radius 3 is 2.70 bits per heavy atom. The van der Waals surface area contributed by atoms with Crippen LogP contribution < -0.4 is 15.5 Å². The summed E-state index contributed by atoms with van der Waals surface area (Å²) in [7, 11) is 0. The Bertz CT molecular complexity index is 884. The molecule has 1 aliphatic rings. The van der Waals surface area contributed by atoms with Crippen LogP contribution in [0.4, 0.5) is 11.4 Å². The van der Waals surface area contributed by atoms with Crippen molar-refractivity contribution in [2.24, 2.45) is 5.92 Å². The fraction of sp³-hybridized carbons (Fsp3) is 0.250. The molecule has 0 aliphatic carbocycles. The SMILES string of the molecule is CCNC(=O)c1ccccc1NC(=O)[C@H]1CC(=O)N(c2cccc(Cl)c2)C1. The van der Waals surface area contributed by atoms with Crippen molar-refractivity contribution in [3.63, 3.8) is 0 Å². The minimum absolute atomic E-state index is 0.113. The topological polar surface area (TPSA) is 78.5 Å². The van der Waals surface area contributed by atoms with E-state index in [0.29, 0.717) is 28.5 Å². The Morgan fingerprint density at radius 2 is 1.96 bits per heavy atom. The van der Waals surface area contributed by atoms with E-state index in [1.807, 2.05) is 6.92 Å². The highest BCUT2D eigenvalue weighted by Crippen LogP contribution is 2.28. The second-order valence-electron chi connectivity index (χ2n) is 6.28. The number of rotatable bonds is 5. The van der Waals surface area contributed by atoms with Crippen LogP contribution in [0.3, 0.4) is 0 Å². The molecule has 3 amide bonds. The van der Waals surface area contributed by atoms with Gasteiger partial charge in [-0.1, -0.05) is 29.8 Å². The highest BCUT2D eigenvalue weighted by Gasteiger charge is 2.35. The Labute approximate surface area is 162 Å². The molecule has 1 heterocycles. The second kappa shape index (κ2) is 8.22. The number of amides is 3. The van der Waals surface area contributed by atoms with Crippen molar-refractivity contribution >= 4 is 40.7 Å². The average molecular weight is 386 g/mol. The van der Waals surface area contributed by atoms with Gasteiger partial charge in [-0.15, -0.1) is 0 Å². The summed E-state index contributed by atoms with van der Waals surface area (Å²) in [5.74, 6) is -1.17. The fourth-order valence-electron chi connectivity index (χ4n) is 3.06. The summed E-state index contributed by atoms with van der Waals surface area (Å²) in [6.45, 7) is 2.59. The van der Waals surface area contributed by atoms with Gasteiger partial charge < -0.3 is 15.5 Å². The highest BCUT2D eigenvalue weighted by molar-refractivity contribution is 6.31. The maximum absolute atomic E-state index is 12.7. The first-order valence-corrected chi connectivity index (χ1v) is 9.11. The number of nitrogens with one attached hydrogen (secondary N) is 2. The number of hydrogen-bond donors (Lipinski definition) is 2. The van der Waals surface area contributed by atoms with Crippen LogP contribution in [0.2, 0.25) is 5.02 Å². The number of anilines is 2. The van der Waals surface area contributed by atoms with Crippen molar-refractivity contribution < 1.29 is 14.4 Å². The third-order valence-electron chi connectivity index (χ3n) is 4.38. The van der Waals surface area contributed by atoms with E-state index in [0.717, 1.165) is 0 Å². The molecule has 1 atom stereocenters. The maximum Gasteiger partial charge on any atom is 0.253 e. The number of halogens is 1. The molecule has 2 aromatic carbocycles. The van der Waals surface area contributed by atoms with Crippen molar-refractivity contribution in [3.8, 4) is 0 Å². The first-order chi connectivity index (χ1) is 13.0. The molecule has 6 nitrogen and oxygen atoms in total. The average Bonchev–Trinajstić information content (AvgIpc) is 3.04. The maximum atomic E-state index is 12.7. The van der Waals surface area contributed by atoms with Gasteiger partial charge in [0.2, 0.25) is 11.8 Å². The summed E-state index contributed by atoms with van der Waals surface area (Å²) >= 11 is 5.99. The molecule has 3 rings (SSSR count). The lowest BCUT2D eigenvalue weighted by atomic mass is 10.1. The third kappa shape index (κ3) is 4.28. The first-order valence-electron chi connectivity index (χ1n) is 8.73. The molecule has 2 aromatic rings. The molecule has 1 fully saturated rings. The number of carbonyl (C=O) groups is 3. The van der Waals surface area contributed by atoms with E-state index in [-0.39, 0.29) is 30.7 Å². The van der Waals surface area contributed by atoms with Crippen LogP contribution in [0.1, 0.15) is 23.7 Å². The van der Waals surface area contributed by atoms with Gasteiger partial charge >= 0.3 is 0 Å². The standard InChI is InChI=1S/C20H20ClN3O3/c1-2-22-20(27)16-8-3-4-9-17(16)23-19(26)13-10-18(25)24(12-13)15-7-5-6-14(21)11-15/h3-9,11,13H,2,10,12H2,1H3,(H,22,27)(H,23,26)/t13-/m0/s1. The van der Waals surface area contributed by atoms with Crippen LogP contribution in [-0.4, -0.2) is 30.8 Å². The quantitative estimate of drug-likeness (QED) is 0.830. The second-order valence-corrected chi connectivity index (χ2v) is 6.72. The van der Waals surface area contributed by atoms with Crippen LogP contribution in [0.5, 0.6) is 0 Å². The minimum Gasteiger partial charge on any atom is -0.352 e. The lowest BCUT2D eigenvalue weighted by Gasteiger charge is -2.17. The van der Waals surface area contributed by atoms with Crippen molar-refractivity contribution in [3.05, 3.63) is 59.1 Å². The van der Waals surface area contributed by atoms with Gasteiger partial charge in [0.1, 0.15) is 0 Å². The molecule has 0 spiro atoms. The van der Waals surface area contributed by atoms with Crippen molar-refractivity contribution in [1.29, 1.82) is 0 Å². The highest BCUT2D eigenvalue weighted by atomic mass is 35.5. The summed E-state index contributed by atoms with van der Waals surface area (Å²) in [6.07, 6.45) is 0.113. The monoisotopic (exact) mass is 385 g/mol. The third-order valence-corrected chi connectivity index (χ3v) is 4.62. The summed E-state index contributed by atoms with van der Waals surface area (Å²) in [4.78, 5) is 38.8. The lowest BCUT2D eigenvalue weighted by Crippen LogP contribution is -2.29. The van der Waals surface area contributed by atoms with E-state index in [9.17, 15) is 14.4 Å². The summed E-state index contributed by atoms with van der Waals surface area (Å²) < 4.78 is 0. The Hall–Kier alpha value is -2.86. The molecule has 0 bridgehead atoms. The van der Waals surface area contributed by atoms with E-state index >= 15 is 0 Å². The van der Waals surface area contributed by atoms with Gasteiger partial charge in [0.15, 0.2) is 0 Å². The molecular formula is C20H20ClN3O3. The molecule has 140 valence electrons. The van der Waals surface area contributed by atoms with Crippen LogP contribution in [0.15, 0.2) is 48.5 Å². The van der Waals surface area contributed by atoms with E-state index in [4.69, 9.17) is 11.6 Å². The van der Waals surface area contributed by atoms with E-state index in [1.165, 1.54) is 0 Å². The molecule has 0 radical (unpaired) electrons. The largest absolute Gasteiger partial charge is 0.352 e. The van der Waals surface area contributed by atoms with Crippen LogP contribution >= 0.6 is 11.6 Å². The Morgan fingerprint density at radius 1 is 1.19 bits per heavy atom. The summed E-state index contributed by atoms with van der Waals surface area (Å²) in [5, 5.41) is 6.04. The van der Waals surface area contributed by atoms with Gasteiger partial charge in [0, 0.05) is 30.2 Å². The van der Waals surface area contributed by atoms with Gasteiger partial charge in [-0.25, -0.2) is 0 Å². The van der Waals surface area contributed by atoms with Crippen LogP contribution in [0.25, 0.3) is 0 Å². The zero-order valence-electron chi connectivity index (χ0n) is 14.9. The number of hydrogen-bond acceptors (Lipinski definition) is 3. The van der Waals surface area contributed by atoms with Gasteiger partial charge in [-0.2, -0.15) is 0 Å². The number of para-hydroxylation sites is 1. The smallest absolute Gasteiger partial charge is 0.253 e. The zero-order valence-corrected chi connectivity index (χ0v) is 15.6. The van der Waals surface area contributed by atoms with E-state index in [2.05, 4.69) is 10.6 Å². The lowest BCUT2D eigenvalue weighted by molar-refractivity contribution is -0.122. The molecular weight excluding hydrogens is 366 g/mol. The molecule has 7 heteroatoms. The van der Waals surface area contributed by atoms with Gasteiger partial charge in [-0.05, 0) is 37.3 Å². The Balaban J connectivity index is 1.73. The predicted octanol–water partition coefficient (Wildman–Crippen LogP) is 3.08. The normalized spacial score (nSPS) is 16.3. The fourth-order valence-corrected chi connectivity index (χ4v) is 3.24. The summed E-state index contributed by atoms with van der Waals surface area (Å²) in [5.41, 5.74) is 1.50. The molecule has 27 heavy (non-hydrogen) atoms. The zero-order chi connectivity index (χ0) is 19.4. The predicted molar refractivity (Wildman–Crippen MR) is 105 cm³/mol. The van der Waals surface area contributed by atoms with E-state index < -0.39 is 5.92 Å². The molecule has 0 unspecified atom stereocenters. The van der Waals surface area contributed by atoms with Crippen molar-refractivity contribution in [1.82, 2.24) is 5.32 Å². The summed E-state index contributed by atoms with van der Waals surface area (Å²) in [6, 6.07) is 13.8. The van der Waals surface area contributed by atoms with Crippen LogP contribution in [0, 0.1) is 5.92 Å². The van der Waals surface area contributed by atoms with Gasteiger partial charge in [0.25, 0.3) is 5.91 Å². The Kier molecular flexibility index (Phi) is 5.76. The number of benzene rings is 2. The van der Waals surface area contributed by atoms with Crippen molar-refractivity contribution in [2.45, 2.75) is 13.3 Å². The minimum atomic E-state index is -0.501. The van der Waals surface area contributed by atoms with Gasteiger partial charge in [-0.3, -0.25) is 14.4 Å².